The van der Waals surface area contributed by atoms with Gasteiger partial charge in [-0.1, -0.05) is 0 Å². The van der Waals surface area contributed by atoms with E-state index >= 15 is 0 Å². The summed E-state index contributed by atoms with van der Waals surface area (Å²) in [6, 6.07) is 4.47. The van der Waals surface area contributed by atoms with E-state index in [-0.39, 0.29) is 11.9 Å². The largest absolute Gasteiger partial charge is 0.378 e. The van der Waals surface area contributed by atoms with E-state index in [1.165, 1.54) is 9.75 Å². The number of nitrogens with zero attached hydrogens (tertiary/aromatic N) is 1. The maximum atomic E-state index is 12.0. The van der Waals surface area contributed by atoms with E-state index in [0.29, 0.717) is 32.8 Å². The molecule has 5 heteroatoms. The number of aryl methyl sites for hydroxylation is 1. The maximum absolute atomic E-state index is 12.0. The van der Waals surface area contributed by atoms with Gasteiger partial charge in [-0.15, -0.1) is 11.3 Å². The molecule has 18 heavy (non-hydrogen) atoms. The van der Waals surface area contributed by atoms with E-state index < -0.39 is 0 Å². The normalized spacial score (nSPS) is 17.8. The number of hydrogen-bond donors (Lipinski definition) is 1. The number of carbonyl (C=O) groups is 1. The van der Waals surface area contributed by atoms with Crippen molar-refractivity contribution in [3.63, 3.8) is 0 Å². The molecule has 2 rings (SSSR count). The minimum Gasteiger partial charge on any atom is -0.378 e. The van der Waals surface area contributed by atoms with Gasteiger partial charge in [0, 0.05) is 28.9 Å². The molecule has 0 bridgehead atoms. The SMILES string of the molecule is Cc1ccc(C(C)NCC(=O)N2CCOCC2)s1. The standard InChI is InChI=1S/C13H20N2O2S/c1-10-3-4-12(18-10)11(2)14-9-13(16)15-5-7-17-8-6-15/h3-4,11,14H,5-9H2,1-2H3. The zero-order chi connectivity index (χ0) is 13.0. The summed E-state index contributed by atoms with van der Waals surface area (Å²) in [6.07, 6.45) is 0. The van der Waals surface area contributed by atoms with E-state index in [2.05, 4.69) is 31.3 Å². The molecule has 2 heterocycles. The first kappa shape index (κ1) is 13.5. The number of nitrogens with one attached hydrogen (secondary N) is 1. The van der Waals surface area contributed by atoms with Gasteiger partial charge in [0.15, 0.2) is 0 Å². The Morgan fingerprint density at radius 1 is 1.50 bits per heavy atom. The third kappa shape index (κ3) is 3.54. The molecule has 1 atom stereocenters. The van der Waals surface area contributed by atoms with E-state index in [1.54, 1.807) is 11.3 Å². The smallest absolute Gasteiger partial charge is 0.236 e. The van der Waals surface area contributed by atoms with Gasteiger partial charge in [0.1, 0.15) is 0 Å². The molecule has 1 saturated heterocycles. The lowest BCUT2D eigenvalue weighted by molar-refractivity contribution is -0.134. The van der Waals surface area contributed by atoms with Gasteiger partial charge >= 0.3 is 0 Å². The Bertz CT molecular complexity index is 399. The van der Waals surface area contributed by atoms with Gasteiger partial charge in [-0.25, -0.2) is 0 Å². The summed E-state index contributed by atoms with van der Waals surface area (Å²) >= 11 is 1.78. The number of thiophene rings is 1. The molecule has 0 saturated carbocycles. The van der Waals surface area contributed by atoms with Gasteiger partial charge in [0.05, 0.1) is 19.8 Å². The van der Waals surface area contributed by atoms with Crippen molar-refractivity contribution >= 4 is 17.2 Å². The topological polar surface area (TPSA) is 41.6 Å². The highest BCUT2D eigenvalue weighted by molar-refractivity contribution is 7.12. The number of morpholine rings is 1. The molecular formula is C13H20N2O2S. The number of rotatable bonds is 4. The molecule has 1 aliphatic rings. The summed E-state index contributed by atoms with van der Waals surface area (Å²) in [5.74, 6) is 0.165. The van der Waals surface area contributed by atoms with Crippen molar-refractivity contribution in [2.75, 3.05) is 32.8 Å². The highest BCUT2D eigenvalue weighted by atomic mass is 32.1. The minimum absolute atomic E-state index is 0.165. The third-order valence-corrected chi connectivity index (χ3v) is 4.29. The average Bonchev–Trinajstić information content (AvgIpc) is 2.83. The van der Waals surface area contributed by atoms with Crippen molar-refractivity contribution in [1.82, 2.24) is 10.2 Å². The second-order valence-electron chi connectivity index (χ2n) is 4.54. The summed E-state index contributed by atoms with van der Waals surface area (Å²) in [5.41, 5.74) is 0. The van der Waals surface area contributed by atoms with E-state index in [9.17, 15) is 4.79 Å². The summed E-state index contributed by atoms with van der Waals surface area (Å²) in [4.78, 5) is 16.4. The van der Waals surface area contributed by atoms with Crippen molar-refractivity contribution in [3.8, 4) is 0 Å². The van der Waals surface area contributed by atoms with Crippen molar-refractivity contribution in [2.24, 2.45) is 0 Å². The molecule has 0 radical (unpaired) electrons. The summed E-state index contributed by atoms with van der Waals surface area (Å²) in [7, 11) is 0. The van der Waals surface area contributed by atoms with Crippen LogP contribution in [0.3, 0.4) is 0 Å². The van der Waals surface area contributed by atoms with Crippen LogP contribution in [0.1, 0.15) is 22.7 Å². The van der Waals surface area contributed by atoms with Crippen LogP contribution in [0, 0.1) is 6.92 Å². The Morgan fingerprint density at radius 3 is 2.83 bits per heavy atom. The Morgan fingerprint density at radius 2 is 2.22 bits per heavy atom. The van der Waals surface area contributed by atoms with Gasteiger partial charge in [0.2, 0.25) is 5.91 Å². The first-order chi connectivity index (χ1) is 8.66. The highest BCUT2D eigenvalue weighted by Gasteiger charge is 2.17. The number of carbonyl (C=O) groups excluding carboxylic acids is 1. The molecular weight excluding hydrogens is 248 g/mol. The molecule has 1 fully saturated rings. The van der Waals surface area contributed by atoms with Crippen molar-refractivity contribution in [3.05, 3.63) is 21.9 Å². The lowest BCUT2D eigenvalue weighted by atomic mass is 10.2. The summed E-state index contributed by atoms with van der Waals surface area (Å²) < 4.78 is 5.23. The number of amides is 1. The third-order valence-electron chi connectivity index (χ3n) is 3.11. The van der Waals surface area contributed by atoms with Crippen LogP contribution in [0.4, 0.5) is 0 Å². The van der Waals surface area contributed by atoms with Crippen LogP contribution in [0.15, 0.2) is 12.1 Å². The van der Waals surface area contributed by atoms with Crippen LogP contribution in [0.2, 0.25) is 0 Å². The summed E-state index contributed by atoms with van der Waals surface area (Å²) in [6.45, 7) is 7.34. The molecule has 100 valence electrons. The van der Waals surface area contributed by atoms with Crippen LogP contribution < -0.4 is 5.32 Å². The van der Waals surface area contributed by atoms with Gasteiger partial charge in [0.25, 0.3) is 0 Å². The van der Waals surface area contributed by atoms with Crippen LogP contribution in [0.25, 0.3) is 0 Å². The molecule has 0 aliphatic carbocycles. The molecule has 1 aromatic rings. The average molecular weight is 268 g/mol. The van der Waals surface area contributed by atoms with Gasteiger partial charge in [-0.2, -0.15) is 0 Å². The second-order valence-corrected chi connectivity index (χ2v) is 5.86. The molecule has 1 amide bonds. The number of ether oxygens (including phenoxy) is 1. The van der Waals surface area contributed by atoms with Crippen LogP contribution in [0.5, 0.6) is 0 Å². The van der Waals surface area contributed by atoms with Crippen molar-refractivity contribution in [1.29, 1.82) is 0 Å². The predicted molar refractivity (Wildman–Crippen MR) is 72.9 cm³/mol. The lowest BCUT2D eigenvalue weighted by Crippen LogP contribution is -2.44. The van der Waals surface area contributed by atoms with E-state index in [1.807, 2.05) is 4.90 Å². The Balaban J connectivity index is 1.78. The van der Waals surface area contributed by atoms with Crippen LogP contribution >= 0.6 is 11.3 Å². The van der Waals surface area contributed by atoms with Gasteiger partial charge < -0.3 is 15.0 Å². The fourth-order valence-electron chi connectivity index (χ4n) is 1.95. The Hall–Kier alpha value is -0.910. The Labute approximate surface area is 112 Å². The van der Waals surface area contributed by atoms with Gasteiger partial charge in [-0.05, 0) is 26.0 Å². The molecule has 1 aromatic heterocycles. The monoisotopic (exact) mass is 268 g/mol. The minimum atomic E-state index is 0.165. The van der Waals surface area contributed by atoms with E-state index in [4.69, 9.17) is 4.74 Å². The molecule has 4 nitrogen and oxygen atoms in total. The molecule has 0 aromatic carbocycles. The number of hydrogen-bond acceptors (Lipinski definition) is 4. The molecule has 1 unspecified atom stereocenters. The zero-order valence-corrected chi connectivity index (χ0v) is 11.8. The fraction of sp³-hybridized carbons (Fsp3) is 0.615. The van der Waals surface area contributed by atoms with Crippen molar-refractivity contribution < 1.29 is 9.53 Å². The van der Waals surface area contributed by atoms with Crippen LogP contribution in [-0.4, -0.2) is 43.7 Å². The second kappa shape index (κ2) is 6.31. The quantitative estimate of drug-likeness (QED) is 0.901. The molecule has 0 spiro atoms. The first-order valence-electron chi connectivity index (χ1n) is 6.32. The zero-order valence-electron chi connectivity index (χ0n) is 10.9. The highest BCUT2D eigenvalue weighted by Crippen LogP contribution is 2.21. The van der Waals surface area contributed by atoms with Crippen LogP contribution in [-0.2, 0) is 9.53 Å². The maximum Gasteiger partial charge on any atom is 0.236 e. The molecule has 1 N–H and O–H groups in total. The summed E-state index contributed by atoms with van der Waals surface area (Å²) in [5, 5.41) is 3.29. The Kier molecular flexibility index (Phi) is 4.74. The van der Waals surface area contributed by atoms with E-state index in [0.717, 1.165) is 0 Å². The predicted octanol–water partition coefficient (Wildman–Crippen LogP) is 1.57. The van der Waals surface area contributed by atoms with Crippen molar-refractivity contribution in [2.45, 2.75) is 19.9 Å². The van der Waals surface area contributed by atoms with Gasteiger partial charge in [-0.3, -0.25) is 4.79 Å². The fourth-order valence-corrected chi connectivity index (χ4v) is 2.86. The first-order valence-corrected chi connectivity index (χ1v) is 7.13. The molecule has 1 aliphatic heterocycles. The lowest BCUT2D eigenvalue weighted by Gasteiger charge is -2.27.